The minimum atomic E-state index is -5.22. The molecule has 6 atom stereocenters. The number of carbonyl (C=O) groups is 6. The van der Waals surface area contributed by atoms with Crippen LogP contribution in [0.1, 0.15) is 44.4 Å². The third kappa shape index (κ3) is 17.4. The van der Waals surface area contributed by atoms with E-state index in [0.717, 1.165) is 6.07 Å². The number of anilines is 1. The predicted molar refractivity (Wildman–Crippen MR) is 233 cm³/mol. The number of halogens is 3. The van der Waals surface area contributed by atoms with Crippen molar-refractivity contribution in [2.45, 2.75) is 70.3 Å². The van der Waals surface area contributed by atoms with E-state index in [1.165, 1.54) is 30.3 Å². The first-order valence-corrected chi connectivity index (χ1v) is 18.9. The fourth-order valence-corrected chi connectivity index (χ4v) is 5.34. The molecule has 0 spiro atoms. The first-order chi connectivity index (χ1) is 30.9. The molecule has 6 amide bonds. The summed E-state index contributed by atoms with van der Waals surface area (Å²) in [5.41, 5.74) is 44.4. The van der Waals surface area contributed by atoms with Crippen LogP contribution >= 0.6 is 0 Å². The van der Waals surface area contributed by atoms with E-state index >= 15 is 0 Å². The highest BCUT2D eigenvalue weighted by Gasteiger charge is 2.40. The Kier molecular flexibility index (Phi) is 18.9. The number of nitro benzene ring substituents is 1. The smallest absolute Gasteiger partial charge is 0.370 e. The number of non-ortho nitro benzene ring substituents is 1. The third-order valence-electron chi connectivity index (χ3n) is 8.36. The minimum absolute atomic E-state index is 0.0443. The lowest BCUT2D eigenvalue weighted by molar-refractivity contribution is -0.385. The van der Waals surface area contributed by atoms with Crippen molar-refractivity contribution in [3.8, 4) is 0 Å². The molecule has 0 aliphatic rings. The number of primary amides is 1. The third-order valence-corrected chi connectivity index (χ3v) is 8.36. The van der Waals surface area contributed by atoms with Crippen molar-refractivity contribution in [3.63, 3.8) is 0 Å². The first kappa shape index (κ1) is 54.4. The number of rotatable bonds is 21. The lowest BCUT2D eigenvalue weighted by Gasteiger charge is -2.34. The van der Waals surface area contributed by atoms with Crippen LogP contribution in [0.3, 0.4) is 0 Å². The van der Waals surface area contributed by atoms with E-state index in [0.29, 0.717) is 11.0 Å². The zero-order valence-electron chi connectivity index (χ0n) is 35.7. The van der Waals surface area contributed by atoms with Gasteiger partial charge in [0.05, 0.1) is 16.2 Å². The Labute approximate surface area is 377 Å². The van der Waals surface area contributed by atoms with Crippen LogP contribution in [0.25, 0.3) is 0 Å². The van der Waals surface area contributed by atoms with Gasteiger partial charge in [-0.15, -0.1) is 0 Å². The molecule has 0 saturated carbocycles. The van der Waals surface area contributed by atoms with Crippen molar-refractivity contribution in [1.29, 1.82) is 0 Å². The number of alkyl halides is 3. The number of hydrogen-bond donors (Lipinski definition) is 15. The Balaban J connectivity index is 2.57. The van der Waals surface area contributed by atoms with Gasteiger partial charge in [0.25, 0.3) is 35.2 Å². The highest BCUT2D eigenvalue weighted by Crippen LogP contribution is 2.40. The van der Waals surface area contributed by atoms with Gasteiger partial charge >= 0.3 is 6.18 Å². The number of aliphatic hydroxyl groups excluding tert-OH is 1. The van der Waals surface area contributed by atoms with E-state index < -0.39 is 136 Å². The van der Waals surface area contributed by atoms with Gasteiger partial charge in [-0.25, -0.2) is 20.0 Å². The van der Waals surface area contributed by atoms with E-state index in [1.54, 1.807) is 20.8 Å². The standard InChI is InChI=1S/C35H51F3N20O9/c1-34(2,3)11-12-57(17-10-9-15(58(66)67)13-16(17)35(36,37)38)29(65)28(64)48-18(14-7-5-4-6-8-14)24(60)50-21(54-31(42)43)26(62)52-23(56-33(46)47)27(63)51-22(55-32(44)45)25(61)49-20(19(39)59)53-30(40)41/h4-10,13,18,20-23,29,65H,11-12H2,1-3H3,(H2,39,59)(H,48,64)(H,49,61)(H,50,60)(H,51,63)(H,52,62)(H4,40,41,53)(H4,42,43,54)(H4,44,45,55)(H4,46,47,56). The number of carbonyl (C=O) groups excluding carboxylic acids is 6. The molecule has 0 radical (unpaired) electrons. The lowest BCUT2D eigenvalue weighted by atomic mass is 9.92. The fourth-order valence-electron chi connectivity index (χ4n) is 5.34. The summed E-state index contributed by atoms with van der Waals surface area (Å²) in [6.45, 7) is 4.71. The van der Waals surface area contributed by atoms with Crippen LogP contribution in [0.2, 0.25) is 0 Å². The zero-order chi connectivity index (χ0) is 51.1. The average molecular weight is 953 g/mol. The molecule has 0 aliphatic carbocycles. The van der Waals surface area contributed by atoms with Crippen LogP contribution in [0.4, 0.5) is 24.5 Å². The summed E-state index contributed by atoms with van der Waals surface area (Å²) in [6, 6.07) is 6.69. The molecule has 67 heavy (non-hydrogen) atoms. The second-order valence-corrected chi connectivity index (χ2v) is 14.9. The normalized spacial score (nSPS) is 13.8. The van der Waals surface area contributed by atoms with Crippen LogP contribution in [0.5, 0.6) is 0 Å². The van der Waals surface area contributed by atoms with Crippen molar-refractivity contribution in [2.24, 2.45) is 77.0 Å². The van der Waals surface area contributed by atoms with E-state index in [4.69, 9.17) is 51.6 Å². The Hall–Kier alpha value is -8.71. The number of nitro groups is 1. The molecule has 29 nitrogen and oxygen atoms in total. The van der Waals surface area contributed by atoms with Gasteiger partial charge in [0.1, 0.15) is 6.04 Å². The molecule has 0 aromatic heterocycles. The second-order valence-electron chi connectivity index (χ2n) is 14.9. The molecule has 2 aromatic rings. The van der Waals surface area contributed by atoms with Crippen LogP contribution in [0, 0.1) is 15.5 Å². The average Bonchev–Trinajstić information content (AvgIpc) is 3.20. The summed E-state index contributed by atoms with van der Waals surface area (Å²) in [4.78, 5) is 105. The number of aliphatic hydroxyl groups is 1. The minimum Gasteiger partial charge on any atom is -0.370 e. The van der Waals surface area contributed by atoms with Gasteiger partial charge < -0.3 is 88.2 Å². The van der Waals surface area contributed by atoms with Crippen molar-refractivity contribution < 1.29 is 52.0 Å². The largest absolute Gasteiger partial charge is 0.418 e. The van der Waals surface area contributed by atoms with Crippen LogP contribution < -0.4 is 83.1 Å². The Bertz CT molecular complexity index is 2270. The lowest BCUT2D eigenvalue weighted by Crippen LogP contribution is -2.58. The highest BCUT2D eigenvalue weighted by molar-refractivity contribution is 5.99. The zero-order valence-corrected chi connectivity index (χ0v) is 35.7. The number of amides is 6. The molecule has 0 bridgehead atoms. The van der Waals surface area contributed by atoms with Gasteiger partial charge in [-0.05, 0) is 23.5 Å². The maximum atomic E-state index is 14.4. The molecule has 0 heterocycles. The fraction of sp³-hybridized carbons (Fsp3) is 0.371. The predicted octanol–water partition coefficient (Wildman–Crippen LogP) is -5.62. The molecule has 24 N–H and O–H groups in total. The molecule has 0 fully saturated rings. The first-order valence-electron chi connectivity index (χ1n) is 18.9. The Morgan fingerprint density at radius 1 is 0.657 bits per heavy atom. The molecule has 6 unspecified atom stereocenters. The van der Waals surface area contributed by atoms with Gasteiger partial charge in [-0.2, -0.15) is 13.2 Å². The summed E-state index contributed by atoms with van der Waals surface area (Å²) in [7, 11) is 0. The molecular formula is C35H51F3N20O9. The van der Waals surface area contributed by atoms with Gasteiger partial charge in [-0.1, -0.05) is 51.1 Å². The molecule has 0 saturated heterocycles. The van der Waals surface area contributed by atoms with E-state index in [9.17, 15) is 57.2 Å². The Morgan fingerprint density at radius 2 is 1.07 bits per heavy atom. The van der Waals surface area contributed by atoms with Crippen LogP contribution in [-0.4, -0.2) is 107 Å². The molecular weight excluding hydrogens is 902 g/mol. The van der Waals surface area contributed by atoms with Crippen molar-refractivity contribution >= 4 is 70.7 Å². The van der Waals surface area contributed by atoms with Crippen molar-refractivity contribution in [1.82, 2.24) is 26.6 Å². The van der Waals surface area contributed by atoms with Gasteiger partial charge in [-0.3, -0.25) is 38.9 Å². The number of hydrogen-bond acceptors (Lipinski definition) is 14. The second kappa shape index (κ2) is 23.3. The summed E-state index contributed by atoms with van der Waals surface area (Å²) >= 11 is 0. The van der Waals surface area contributed by atoms with E-state index in [2.05, 4.69) is 30.6 Å². The summed E-state index contributed by atoms with van der Waals surface area (Å²) in [5, 5.41) is 33.1. The van der Waals surface area contributed by atoms with Gasteiger partial charge in [0.15, 0.2) is 23.8 Å². The number of nitrogens with one attached hydrogen (secondary N) is 5. The van der Waals surface area contributed by atoms with Gasteiger partial charge in [0, 0.05) is 18.7 Å². The number of nitrogens with two attached hydrogens (primary N) is 9. The number of aliphatic imine (C=N–C) groups is 4. The maximum Gasteiger partial charge on any atom is 0.418 e. The number of guanidine groups is 4. The molecule has 0 aliphatic heterocycles. The van der Waals surface area contributed by atoms with Crippen molar-refractivity contribution in [3.05, 3.63) is 69.8 Å². The quantitative estimate of drug-likeness (QED) is 0.0182. The summed E-state index contributed by atoms with van der Waals surface area (Å²) in [5.74, 6) is -11.6. The number of nitrogens with zero attached hydrogens (tertiary/aromatic N) is 6. The molecule has 2 rings (SSSR count). The van der Waals surface area contributed by atoms with E-state index in [1.807, 2.05) is 16.0 Å². The number of benzene rings is 2. The summed E-state index contributed by atoms with van der Waals surface area (Å²) in [6.07, 6.45) is -16.2. The van der Waals surface area contributed by atoms with Crippen molar-refractivity contribution in [2.75, 3.05) is 11.4 Å². The van der Waals surface area contributed by atoms with E-state index in [-0.39, 0.29) is 18.1 Å². The monoisotopic (exact) mass is 952 g/mol. The Morgan fingerprint density at radius 3 is 1.46 bits per heavy atom. The SMILES string of the molecule is CC(C)(C)CCN(c1ccc([N+](=O)[O-])cc1C(F)(F)F)C(O)C(=O)NC(C(=O)NC(N=C(N)N)C(=O)NC(N=C(N)N)C(=O)NC(N=C(N)N)C(=O)NC(N=C(N)N)C(N)=O)c1ccccc1. The topological polar surface area (TPSA) is 513 Å². The van der Waals surface area contributed by atoms with Crippen LogP contribution in [-0.2, 0) is 34.9 Å². The maximum absolute atomic E-state index is 14.4. The summed E-state index contributed by atoms with van der Waals surface area (Å²) < 4.78 is 43.1. The molecule has 366 valence electrons. The van der Waals surface area contributed by atoms with Crippen LogP contribution in [0.15, 0.2) is 68.5 Å². The van der Waals surface area contributed by atoms with Gasteiger partial charge in [0.2, 0.25) is 36.8 Å². The highest BCUT2D eigenvalue weighted by atomic mass is 19.4. The molecule has 2 aromatic carbocycles. The molecule has 32 heteroatoms.